The molecule has 0 amide bonds. The molecule has 1 atom stereocenters. The number of carboxylic acid groups (broad SMARTS) is 1. The third-order valence-electron chi connectivity index (χ3n) is 3.80. The Kier molecular flexibility index (Phi) is 6.99. The van der Waals surface area contributed by atoms with Crippen molar-refractivity contribution < 1.29 is 9.90 Å². The molecule has 0 aliphatic rings. The van der Waals surface area contributed by atoms with Crippen LogP contribution in [0.25, 0.3) is 12.2 Å². The summed E-state index contributed by atoms with van der Waals surface area (Å²) < 4.78 is 0. The molecule has 3 heteroatoms. The highest BCUT2D eigenvalue weighted by atomic mass is 16.4. The van der Waals surface area contributed by atoms with Crippen molar-refractivity contribution in [2.24, 2.45) is 0 Å². The first kappa shape index (κ1) is 17.7. The molecule has 3 nitrogen and oxygen atoms in total. The van der Waals surface area contributed by atoms with Crippen LogP contribution < -0.4 is 0 Å². The Morgan fingerprint density at radius 3 is 1.71 bits per heavy atom. The predicted molar refractivity (Wildman–Crippen MR) is 99.6 cm³/mol. The van der Waals surface area contributed by atoms with E-state index in [0.29, 0.717) is 13.1 Å². The van der Waals surface area contributed by atoms with E-state index in [1.165, 1.54) is 0 Å². The van der Waals surface area contributed by atoms with Crippen LogP contribution in [0.4, 0.5) is 0 Å². The van der Waals surface area contributed by atoms with Crippen molar-refractivity contribution in [2.45, 2.75) is 13.0 Å². The smallest absolute Gasteiger partial charge is 0.320 e. The summed E-state index contributed by atoms with van der Waals surface area (Å²) in [6.07, 6.45) is 8.04. The Bertz CT molecular complexity index is 626. The Labute approximate surface area is 143 Å². The van der Waals surface area contributed by atoms with Crippen LogP contribution in [0.3, 0.4) is 0 Å². The molecule has 1 N–H and O–H groups in total. The molecule has 24 heavy (non-hydrogen) atoms. The number of nitrogens with zero attached hydrogens (tertiary/aromatic N) is 1. The lowest BCUT2D eigenvalue weighted by Crippen LogP contribution is -2.39. The van der Waals surface area contributed by atoms with Crippen molar-refractivity contribution >= 4 is 18.1 Å². The standard InChI is InChI=1S/C21H23NO2/c1-18(21(23)24)22(16-8-14-19-10-4-2-5-11-19)17-9-15-20-12-6-3-7-13-20/h2-15,18H,16-17H2,1H3,(H,23,24)/b14-8+,15-9+. The molecule has 0 bridgehead atoms. The normalized spacial score (nSPS) is 12.9. The minimum absolute atomic E-state index is 0.536. The van der Waals surface area contributed by atoms with Gasteiger partial charge >= 0.3 is 5.97 Å². The van der Waals surface area contributed by atoms with E-state index >= 15 is 0 Å². The zero-order chi connectivity index (χ0) is 17.2. The van der Waals surface area contributed by atoms with Gasteiger partial charge in [0.2, 0.25) is 0 Å². The first-order valence-electron chi connectivity index (χ1n) is 8.07. The summed E-state index contributed by atoms with van der Waals surface area (Å²) in [5, 5.41) is 9.30. The topological polar surface area (TPSA) is 40.5 Å². The van der Waals surface area contributed by atoms with Gasteiger partial charge in [-0.3, -0.25) is 9.69 Å². The molecular weight excluding hydrogens is 298 g/mol. The Hall–Kier alpha value is -2.65. The van der Waals surface area contributed by atoms with Gasteiger partial charge in [0.25, 0.3) is 0 Å². The van der Waals surface area contributed by atoms with Crippen molar-refractivity contribution in [1.29, 1.82) is 0 Å². The van der Waals surface area contributed by atoms with Gasteiger partial charge in [0, 0.05) is 13.1 Å². The largest absolute Gasteiger partial charge is 0.480 e. The van der Waals surface area contributed by atoms with Gasteiger partial charge < -0.3 is 5.11 Å². The van der Waals surface area contributed by atoms with Crippen LogP contribution in [0.2, 0.25) is 0 Å². The number of carboxylic acids is 1. The van der Waals surface area contributed by atoms with Crippen LogP contribution in [-0.4, -0.2) is 35.1 Å². The molecule has 0 radical (unpaired) electrons. The van der Waals surface area contributed by atoms with Crippen LogP contribution in [0.5, 0.6) is 0 Å². The molecular formula is C21H23NO2. The summed E-state index contributed by atoms with van der Waals surface area (Å²) >= 11 is 0. The monoisotopic (exact) mass is 321 g/mol. The number of rotatable bonds is 8. The van der Waals surface area contributed by atoms with Crippen molar-refractivity contribution in [1.82, 2.24) is 4.90 Å². The summed E-state index contributed by atoms with van der Waals surface area (Å²) in [5.74, 6) is -0.809. The Morgan fingerprint density at radius 1 is 0.917 bits per heavy atom. The van der Waals surface area contributed by atoms with Crippen LogP contribution in [0, 0.1) is 0 Å². The fourth-order valence-corrected chi connectivity index (χ4v) is 2.32. The highest BCUT2D eigenvalue weighted by Crippen LogP contribution is 2.06. The second-order valence-electron chi connectivity index (χ2n) is 5.59. The van der Waals surface area contributed by atoms with E-state index in [9.17, 15) is 9.90 Å². The average Bonchev–Trinajstić information content (AvgIpc) is 2.61. The van der Waals surface area contributed by atoms with Crippen molar-refractivity contribution in [2.75, 3.05) is 13.1 Å². The predicted octanol–water partition coefficient (Wildman–Crippen LogP) is 4.19. The molecule has 0 saturated heterocycles. The van der Waals surface area contributed by atoms with E-state index < -0.39 is 12.0 Å². The Balaban J connectivity index is 1.98. The lowest BCUT2D eigenvalue weighted by molar-refractivity contribution is -0.142. The van der Waals surface area contributed by atoms with E-state index in [1.807, 2.05) is 89.9 Å². The van der Waals surface area contributed by atoms with Gasteiger partial charge in [-0.2, -0.15) is 0 Å². The molecule has 2 aromatic carbocycles. The molecule has 0 heterocycles. The molecule has 0 saturated carbocycles. The summed E-state index contributed by atoms with van der Waals surface area (Å²) in [7, 11) is 0. The number of hydrogen-bond acceptors (Lipinski definition) is 2. The lowest BCUT2D eigenvalue weighted by Gasteiger charge is -2.23. The van der Waals surface area contributed by atoms with Crippen LogP contribution in [0.15, 0.2) is 72.8 Å². The van der Waals surface area contributed by atoms with Gasteiger partial charge in [-0.25, -0.2) is 0 Å². The van der Waals surface area contributed by atoms with Gasteiger partial charge in [0.15, 0.2) is 0 Å². The van der Waals surface area contributed by atoms with Crippen molar-refractivity contribution in [3.63, 3.8) is 0 Å². The highest BCUT2D eigenvalue weighted by Gasteiger charge is 2.18. The van der Waals surface area contributed by atoms with Crippen molar-refractivity contribution in [3.05, 3.63) is 83.9 Å². The molecule has 2 aromatic rings. The van der Waals surface area contributed by atoms with E-state index in [4.69, 9.17) is 0 Å². The fourth-order valence-electron chi connectivity index (χ4n) is 2.32. The maximum atomic E-state index is 11.3. The molecule has 0 fully saturated rings. The molecule has 0 spiro atoms. The van der Waals surface area contributed by atoms with E-state index in [0.717, 1.165) is 11.1 Å². The third kappa shape index (κ3) is 5.86. The molecule has 0 aliphatic carbocycles. The van der Waals surface area contributed by atoms with E-state index in [2.05, 4.69) is 0 Å². The maximum Gasteiger partial charge on any atom is 0.320 e. The first-order valence-corrected chi connectivity index (χ1v) is 8.07. The molecule has 1 unspecified atom stereocenters. The molecule has 0 aliphatic heterocycles. The zero-order valence-corrected chi connectivity index (χ0v) is 13.9. The second-order valence-corrected chi connectivity index (χ2v) is 5.59. The van der Waals surface area contributed by atoms with E-state index in [-0.39, 0.29) is 0 Å². The molecule has 124 valence electrons. The maximum absolute atomic E-state index is 11.3. The van der Waals surface area contributed by atoms with E-state index in [1.54, 1.807) is 6.92 Å². The summed E-state index contributed by atoms with van der Waals surface area (Å²) in [6.45, 7) is 2.89. The summed E-state index contributed by atoms with van der Waals surface area (Å²) in [4.78, 5) is 13.2. The zero-order valence-electron chi connectivity index (χ0n) is 13.9. The number of hydrogen-bond donors (Lipinski definition) is 1. The van der Waals surface area contributed by atoms with Gasteiger partial charge in [-0.1, -0.05) is 85.0 Å². The number of benzene rings is 2. The summed E-state index contributed by atoms with van der Waals surface area (Å²) in [5.41, 5.74) is 2.22. The SMILES string of the molecule is CC(C(=O)O)N(C/C=C/c1ccccc1)C/C=C/c1ccccc1. The molecule has 0 aromatic heterocycles. The quantitative estimate of drug-likeness (QED) is 0.792. The minimum atomic E-state index is -0.809. The van der Waals surface area contributed by atoms with Crippen molar-refractivity contribution in [3.8, 4) is 0 Å². The second kappa shape index (κ2) is 9.48. The number of carbonyl (C=O) groups is 1. The van der Waals surface area contributed by atoms with Gasteiger partial charge in [-0.15, -0.1) is 0 Å². The minimum Gasteiger partial charge on any atom is -0.480 e. The summed E-state index contributed by atoms with van der Waals surface area (Å²) in [6, 6.07) is 19.5. The highest BCUT2D eigenvalue weighted by molar-refractivity contribution is 5.73. The third-order valence-corrected chi connectivity index (χ3v) is 3.80. The van der Waals surface area contributed by atoms with Crippen LogP contribution in [0.1, 0.15) is 18.1 Å². The first-order chi connectivity index (χ1) is 11.7. The van der Waals surface area contributed by atoms with Gasteiger partial charge in [0.1, 0.15) is 6.04 Å². The van der Waals surface area contributed by atoms with Crippen LogP contribution in [-0.2, 0) is 4.79 Å². The fraction of sp³-hybridized carbons (Fsp3) is 0.190. The number of aliphatic carboxylic acids is 1. The molecule has 2 rings (SSSR count). The van der Waals surface area contributed by atoms with Crippen LogP contribution >= 0.6 is 0 Å². The Morgan fingerprint density at radius 2 is 1.33 bits per heavy atom. The lowest BCUT2D eigenvalue weighted by atomic mass is 10.2. The average molecular weight is 321 g/mol. The van der Waals surface area contributed by atoms with Gasteiger partial charge in [0.05, 0.1) is 0 Å². The van der Waals surface area contributed by atoms with Gasteiger partial charge in [-0.05, 0) is 18.1 Å².